The van der Waals surface area contributed by atoms with E-state index in [-0.39, 0.29) is 11.5 Å². The number of anilines is 1. The summed E-state index contributed by atoms with van der Waals surface area (Å²) in [6, 6.07) is 15.1. The molecule has 1 unspecified atom stereocenters. The fourth-order valence-electron chi connectivity index (χ4n) is 2.97. The molecule has 0 bridgehead atoms. The quantitative estimate of drug-likeness (QED) is 0.459. The maximum Gasteiger partial charge on any atom is 0.248 e. The zero-order chi connectivity index (χ0) is 21.1. The topological polar surface area (TPSA) is 115 Å². The standard InChI is InChI=1S/C20H17N3O5S2/c1-13-10-18(23-27-13)21-20(24)19(14-6-3-2-4-7-14)30(25,26)12-15-11-16(28-22-15)17-8-5-9-29-17/h2-11,19H,12H2,1H3,(H,21,23,24). The lowest BCUT2D eigenvalue weighted by atomic mass is 10.1. The van der Waals surface area contributed by atoms with Gasteiger partial charge in [-0.05, 0) is 23.9 Å². The fraction of sp³-hybridized carbons (Fsp3) is 0.150. The van der Waals surface area contributed by atoms with E-state index < -0.39 is 26.7 Å². The van der Waals surface area contributed by atoms with Gasteiger partial charge >= 0.3 is 0 Å². The highest BCUT2D eigenvalue weighted by atomic mass is 32.2. The second kappa shape index (κ2) is 8.25. The van der Waals surface area contributed by atoms with E-state index in [1.807, 2.05) is 17.5 Å². The number of aryl methyl sites for hydroxylation is 1. The lowest BCUT2D eigenvalue weighted by Gasteiger charge is -2.16. The van der Waals surface area contributed by atoms with Gasteiger partial charge < -0.3 is 14.4 Å². The minimum atomic E-state index is -3.99. The highest BCUT2D eigenvalue weighted by Gasteiger charge is 2.35. The first-order valence-corrected chi connectivity index (χ1v) is 11.5. The summed E-state index contributed by atoms with van der Waals surface area (Å²) >= 11 is 1.46. The summed E-state index contributed by atoms with van der Waals surface area (Å²) in [4.78, 5) is 13.8. The summed E-state index contributed by atoms with van der Waals surface area (Å²) in [6.45, 7) is 1.67. The number of carbonyl (C=O) groups excluding carboxylic acids is 1. The van der Waals surface area contributed by atoms with Crippen LogP contribution in [0.2, 0.25) is 0 Å². The Morgan fingerprint density at radius 3 is 2.57 bits per heavy atom. The van der Waals surface area contributed by atoms with Crippen LogP contribution in [0, 0.1) is 6.92 Å². The minimum Gasteiger partial charge on any atom is -0.360 e. The number of nitrogens with one attached hydrogen (secondary N) is 1. The molecule has 10 heteroatoms. The van der Waals surface area contributed by atoms with Crippen molar-refractivity contribution in [3.05, 3.63) is 77.0 Å². The average molecular weight is 444 g/mol. The van der Waals surface area contributed by atoms with E-state index >= 15 is 0 Å². The summed E-state index contributed by atoms with van der Waals surface area (Å²) in [5.41, 5.74) is 0.571. The maximum atomic E-state index is 13.2. The maximum absolute atomic E-state index is 13.2. The molecule has 4 rings (SSSR count). The molecule has 8 nitrogen and oxygen atoms in total. The number of carbonyl (C=O) groups is 1. The number of hydrogen-bond donors (Lipinski definition) is 1. The van der Waals surface area contributed by atoms with Gasteiger partial charge in [0.25, 0.3) is 0 Å². The molecule has 154 valence electrons. The molecule has 0 aliphatic rings. The number of amides is 1. The summed E-state index contributed by atoms with van der Waals surface area (Å²) in [7, 11) is -3.99. The van der Waals surface area contributed by atoms with Gasteiger partial charge in [-0.15, -0.1) is 11.3 Å². The van der Waals surface area contributed by atoms with Gasteiger partial charge in [-0.1, -0.05) is 46.7 Å². The summed E-state index contributed by atoms with van der Waals surface area (Å²) in [6.07, 6.45) is 0. The van der Waals surface area contributed by atoms with E-state index in [1.165, 1.54) is 17.4 Å². The molecular weight excluding hydrogens is 426 g/mol. The largest absolute Gasteiger partial charge is 0.360 e. The van der Waals surface area contributed by atoms with E-state index in [9.17, 15) is 13.2 Å². The van der Waals surface area contributed by atoms with Gasteiger partial charge in [0.15, 0.2) is 26.7 Å². The molecule has 0 aliphatic heterocycles. The predicted molar refractivity (Wildman–Crippen MR) is 111 cm³/mol. The van der Waals surface area contributed by atoms with Crippen LogP contribution in [0.4, 0.5) is 5.82 Å². The van der Waals surface area contributed by atoms with E-state index in [1.54, 1.807) is 43.3 Å². The van der Waals surface area contributed by atoms with Crippen molar-refractivity contribution in [3.8, 4) is 10.6 Å². The molecule has 30 heavy (non-hydrogen) atoms. The Morgan fingerprint density at radius 2 is 1.90 bits per heavy atom. The van der Waals surface area contributed by atoms with Crippen LogP contribution in [0.15, 0.2) is 69.0 Å². The lowest BCUT2D eigenvalue weighted by Crippen LogP contribution is -2.29. The van der Waals surface area contributed by atoms with Crippen molar-refractivity contribution in [1.82, 2.24) is 10.3 Å². The summed E-state index contributed by atoms with van der Waals surface area (Å²) in [5.74, 6) is -0.0548. The SMILES string of the molecule is Cc1cc(NC(=O)C(c2ccccc2)S(=O)(=O)Cc2cc(-c3cccs3)on2)no1. The number of sulfone groups is 1. The minimum absolute atomic E-state index is 0.148. The number of nitrogens with zero attached hydrogens (tertiary/aromatic N) is 2. The molecule has 0 saturated carbocycles. The van der Waals surface area contributed by atoms with Crippen LogP contribution < -0.4 is 5.32 Å². The van der Waals surface area contributed by atoms with Crippen molar-refractivity contribution in [2.24, 2.45) is 0 Å². The third-order valence-electron chi connectivity index (χ3n) is 4.25. The van der Waals surface area contributed by atoms with E-state index in [0.29, 0.717) is 17.1 Å². The molecule has 0 aliphatic carbocycles. The van der Waals surface area contributed by atoms with Gasteiger partial charge in [0.1, 0.15) is 5.76 Å². The number of rotatable bonds is 7. The Balaban J connectivity index is 1.63. The summed E-state index contributed by atoms with van der Waals surface area (Å²) in [5, 5.41) is 10.5. The van der Waals surface area contributed by atoms with Crippen LogP contribution >= 0.6 is 11.3 Å². The predicted octanol–water partition coefficient (Wildman–Crippen LogP) is 3.99. The van der Waals surface area contributed by atoms with Crippen LogP contribution in [0.25, 0.3) is 10.6 Å². The normalized spacial score (nSPS) is 12.6. The first-order valence-electron chi connectivity index (χ1n) is 8.92. The lowest BCUT2D eigenvalue weighted by molar-refractivity contribution is -0.116. The Labute approximate surface area is 176 Å². The molecule has 1 atom stereocenters. The van der Waals surface area contributed by atoms with Crippen LogP contribution in [0.5, 0.6) is 0 Å². The molecule has 0 saturated heterocycles. The molecule has 3 heterocycles. The molecule has 1 amide bonds. The molecule has 0 fully saturated rings. The molecule has 0 spiro atoms. The van der Waals surface area contributed by atoms with Crippen molar-refractivity contribution >= 4 is 32.9 Å². The third-order valence-corrected chi connectivity index (χ3v) is 7.04. The van der Waals surface area contributed by atoms with E-state index in [2.05, 4.69) is 15.6 Å². The van der Waals surface area contributed by atoms with Gasteiger partial charge in [0.2, 0.25) is 5.91 Å². The van der Waals surface area contributed by atoms with Gasteiger partial charge in [0, 0.05) is 12.1 Å². The van der Waals surface area contributed by atoms with Crippen LogP contribution in [-0.4, -0.2) is 24.6 Å². The van der Waals surface area contributed by atoms with Crippen molar-refractivity contribution in [2.45, 2.75) is 17.9 Å². The third kappa shape index (κ3) is 4.34. The monoisotopic (exact) mass is 443 g/mol. The Morgan fingerprint density at radius 1 is 1.10 bits per heavy atom. The van der Waals surface area contributed by atoms with E-state index in [0.717, 1.165) is 4.88 Å². The number of hydrogen-bond acceptors (Lipinski definition) is 8. The van der Waals surface area contributed by atoms with Crippen molar-refractivity contribution in [2.75, 3.05) is 5.32 Å². The second-order valence-electron chi connectivity index (χ2n) is 6.57. The van der Waals surface area contributed by atoms with Gasteiger partial charge in [-0.3, -0.25) is 4.79 Å². The molecule has 1 aromatic carbocycles. The Bertz CT molecular complexity index is 1240. The number of benzene rings is 1. The number of aromatic nitrogens is 2. The fourth-order valence-corrected chi connectivity index (χ4v) is 5.32. The molecule has 4 aromatic rings. The van der Waals surface area contributed by atoms with E-state index in [4.69, 9.17) is 9.05 Å². The first kappa shape index (κ1) is 20.0. The zero-order valence-corrected chi connectivity index (χ0v) is 17.4. The van der Waals surface area contributed by atoms with Gasteiger partial charge in [-0.25, -0.2) is 8.42 Å². The zero-order valence-electron chi connectivity index (χ0n) is 15.8. The second-order valence-corrected chi connectivity index (χ2v) is 9.60. The van der Waals surface area contributed by atoms with Crippen LogP contribution in [-0.2, 0) is 20.4 Å². The van der Waals surface area contributed by atoms with Gasteiger partial charge in [0.05, 0.1) is 16.3 Å². The average Bonchev–Trinajstić information content (AvgIpc) is 3.44. The highest BCUT2D eigenvalue weighted by molar-refractivity contribution is 7.91. The molecule has 1 N–H and O–H groups in total. The molecule has 3 aromatic heterocycles. The van der Waals surface area contributed by atoms with Crippen molar-refractivity contribution in [1.29, 1.82) is 0 Å². The van der Waals surface area contributed by atoms with Crippen LogP contribution in [0.3, 0.4) is 0 Å². The molecular formula is C20H17N3O5S2. The van der Waals surface area contributed by atoms with Crippen LogP contribution in [0.1, 0.15) is 22.3 Å². The number of thiophene rings is 1. The summed E-state index contributed by atoms with van der Waals surface area (Å²) < 4.78 is 36.7. The molecule has 0 radical (unpaired) electrons. The Hall–Kier alpha value is -3.24. The van der Waals surface area contributed by atoms with Crippen molar-refractivity contribution in [3.63, 3.8) is 0 Å². The highest BCUT2D eigenvalue weighted by Crippen LogP contribution is 2.30. The van der Waals surface area contributed by atoms with Crippen molar-refractivity contribution < 1.29 is 22.3 Å². The first-order chi connectivity index (χ1) is 14.4. The Kier molecular flexibility index (Phi) is 5.51. The smallest absolute Gasteiger partial charge is 0.248 e. The van der Waals surface area contributed by atoms with Gasteiger partial charge in [-0.2, -0.15) is 0 Å².